The van der Waals surface area contributed by atoms with Gasteiger partial charge in [-0.3, -0.25) is 9.78 Å². The van der Waals surface area contributed by atoms with Crippen molar-refractivity contribution in [2.24, 2.45) is 11.3 Å². The molecule has 0 spiro atoms. The second kappa shape index (κ2) is 6.73. The Bertz CT molecular complexity index is 535. The van der Waals surface area contributed by atoms with Crippen LogP contribution in [0.2, 0.25) is 0 Å². The number of nitrogens with zero attached hydrogens (tertiary/aromatic N) is 2. The lowest BCUT2D eigenvalue weighted by Gasteiger charge is -2.33. The van der Waals surface area contributed by atoms with E-state index < -0.39 is 5.41 Å². The van der Waals surface area contributed by atoms with E-state index in [1.165, 1.54) is 12.8 Å². The van der Waals surface area contributed by atoms with Gasteiger partial charge < -0.3 is 10.2 Å². The zero-order valence-corrected chi connectivity index (χ0v) is 14.6. The van der Waals surface area contributed by atoms with Crippen molar-refractivity contribution in [1.82, 2.24) is 15.2 Å². The van der Waals surface area contributed by atoms with Crippen molar-refractivity contribution < 1.29 is 4.79 Å². The van der Waals surface area contributed by atoms with Crippen molar-refractivity contribution in [2.45, 2.75) is 46.6 Å². The summed E-state index contributed by atoms with van der Waals surface area (Å²) in [5.74, 6) is 0.647. The molecule has 0 saturated heterocycles. The highest BCUT2D eigenvalue weighted by atomic mass is 32.1. The van der Waals surface area contributed by atoms with Gasteiger partial charge in [0.2, 0.25) is 5.91 Å². The molecule has 1 unspecified atom stereocenters. The van der Waals surface area contributed by atoms with E-state index in [2.05, 4.69) is 22.1 Å². The summed E-state index contributed by atoms with van der Waals surface area (Å²) in [5.41, 5.74) is 0.706. The van der Waals surface area contributed by atoms with Gasteiger partial charge in [0, 0.05) is 24.4 Å². The van der Waals surface area contributed by atoms with Crippen molar-refractivity contribution in [1.29, 1.82) is 0 Å². The van der Waals surface area contributed by atoms with Crippen LogP contribution in [0, 0.1) is 11.3 Å². The summed E-state index contributed by atoms with van der Waals surface area (Å²) in [7, 11) is 0. The minimum absolute atomic E-state index is 0.0415. The molecule has 1 heterocycles. The van der Waals surface area contributed by atoms with E-state index in [4.69, 9.17) is 12.2 Å². The average Bonchev–Trinajstić information content (AvgIpc) is 3.28. The number of hydrogen-bond donors (Lipinski definition) is 1. The van der Waals surface area contributed by atoms with Gasteiger partial charge in [-0.15, -0.1) is 0 Å². The molecule has 5 heteroatoms. The van der Waals surface area contributed by atoms with Gasteiger partial charge >= 0.3 is 0 Å². The van der Waals surface area contributed by atoms with Gasteiger partial charge in [-0.05, 0) is 55.6 Å². The molecule has 1 aromatic rings. The molecule has 0 radical (unpaired) electrons. The Kier molecular flexibility index (Phi) is 5.16. The topological polar surface area (TPSA) is 45.2 Å². The van der Waals surface area contributed by atoms with Crippen molar-refractivity contribution in [2.75, 3.05) is 6.54 Å². The maximum atomic E-state index is 12.2. The third-order valence-corrected chi connectivity index (χ3v) is 4.31. The monoisotopic (exact) mass is 319 g/mol. The molecule has 1 amide bonds. The van der Waals surface area contributed by atoms with Crippen molar-refractivity contribution in [3.8, 4) is 0 Å². The van der Waals surface area contributed by atoms with E-state index in [1.807, 2.05) is 32.9 Å². The molecule has 4 nitrogen and oxygen atoms in total. The first kappa shape index (κ1) is 16.9. The van der Waals surface area contributed by atoms with Crippen LogP contribution in [-0.4, -0.2) is 27.4 Å². The van der Waals surface area contributed by atoms with Gasteiger partial charge in [0.1, 0.15) is 0 Å². The van der Waals surface area contributed by atoms with E-state index in [0.717, 1.165) is 12.1 Å². The van der Waals surface area contributed by atoms with Gasteiger partial charge in [0.15, 0.2) is 5.11 Å². The lowest BCUT2D eigenvalue weighted by molar-refractivity contribution is -0.127. The standard InChI is InChI=1S/C17H25N3OS/c1-12(14-7-9-18-10-8-14)20(11-13-5-6-13)16(22)19-15(21)17(2,3)4/h7-10,12-13H,5-6,11H2,1-4H3,(H,19,21,22). The second-order valence-electron chi connectivity index (χ2n) is 7.06. The van der Waals surface area contributed by atoms with Crippen molar-refractivity contribution in [3.05, 3.63) is 30.1 Å². The molecule has 1 aliphatic carbocycles. The highest BCUT2D eigenvalue weighted by Gasteiger charge is 2.30. The molecule has 1 fully saturated rings. The zero-order valence-electron chi connectivity index (χ0n) is 13.8. The van der Waals surface area contributed by atoms with E-state index in [0.29, 0.717) is 11.0 Å². The van der Waals surface area contributed by atoms with Crippen LogP contribution in [0.4, 0.5) is 0 Å². The third-order valence-electron chi connectivity index (χ3n) is 3.97. The highest BCUT2D eigenvalue weighted by Crippen LogP contribution is 2.33. The lowest BCUT2D eigenvalue weighted by Crippen LogP contribution is -2.48. The van der Waals surface area contributed by atoms with E-state index >= 15 is 0 Å². The molecule has 120 valence electrons. The summed E-state index contributed by atoms with van der Waals surface area (Å²) in [6.07, 6.45) is 6.07. The number of nitrogens with one attached hydrogen (secondary N) is 1. The molecule has 0 aliphatic heterocycles. The van der Waals surface area contributed by atoms with Crippen LogP contribution in [0.25, 0.3) is 0 Å². The highest BCUT2D eigenvalue weighted by molar-refractivity contribution is 7.80. The van der Waals surface area contributed by atoms with Crippen LogP contribution in [-0.2, 0) is 4.79 Å². The Labute approximate surface area is 138 Å². The molecule has 1 atom stereocenters. The smallest absolute Gasteiger partial charge is 0.231 e. The van der Waals surface area contributed by atoms with Crippen LogP contribution < -0.4 is 5.32 Å². The van der Waals surface area contributed by atoms with Crippen LogP contribution in [0.1, 0.15) is 52.1 Å². The van der Waals surface area contributed by atoms with Gasteiger partial charge in [0.25, 0.3) is 0 Å². The molecule has 1 N–H and O–H groups in total. The van der Waals surface area contributed by atoms with Gasteiger partial charge in [-0.2, -0.15) is 0 Å². The first-order valence-corrected chi connectivity index (χ1v) is 8.22. The molecule has 22 heavy (non-hydrogen) atoms. The van der Waals surface area contributed by atoms with Crippen LogP contribution in [0.3, 0.4) is 0 Å². The Morgan fingerprint density at radius 2 is 2.00 bits per heavy atom. The predicted molar refractivity (Wildman–Crippen MR) is 92.3 cm³/mol. The number of carbonyl (C=O) groups excluding carboxylic acids is 1. The second-order valence-corrected chi connectivity index (χ2v) is 7.45. The fourth-order valence-electron chi connectivity index (χ4n) is 2.17. The molecular formula is C17H25N3OS. The molecule has 1 saturated carbocycles. The van der Waals surface area contributed by atoms with Crippen LogP contribution in [0.5, 0.6) is 0 Å². The van der Waals surface area contributed by atoms with E-state index in [1.54, 1.807) is 12.4 Å². The molecule has 1 aliphatic rings. The van der Waals surface area contributed by atoms with Crippen molar-refractivity contribution in [3.63, 3.8) is 0 Å². The summed E-state index contributed by atoms with van der Waals surface area (Å²) in [4.78, 5) is 18.4. The Morgan fingerprint density at radius 1 is 1.41 bits per heavy atom. The summed E-state index contributed by atoms with van der Waals surface area (Å²) in [5, 5.41) is 3.43. The summed E-state index contributed by atoms with van der Waals surface area (Å²) < 4.78 is 0. The van der Waals surface area contributed by atoms with Gasteiger partial charge in [-0.25, -0.2) is 0 Å². The number of carbonyl (C=O) groups is 1. The quantitative estimate of drug-likeness (QED) is 0.865. The fourth-order valence-corrected chi connectivity index (χ4v) is 2.50. The normalized spacial score (nSPS) is 16.0. The number of rotatable bonds is 4. The summed E-state index contributed by atoms with van der Waals surface area (Å²) in [6.45, 7) is 8.69. The molecule has 0 aromatic carbocycles. The minimum Gasteiger partial charge on any atom is -0.342 e. The average molecular weight is 319 g/mol. The Hall–Kier alpha value is -1.49. The van der Waals surface area contributed by atoms with Crippen LogP contribution in [0.15, 0.2) is 24.5 Å². The molecular weight excluding hydrogens is 294 g/mol. The SMILES string of the molecule is CC(c1ccncc1)N(CC1CC1)C(=S)NC(=O)C(C)(C)C. The van der Waals surface area contributed by atoms with E-state index in [-0.39, 0.29) is 11.9 Å². The number of amides is 1. The number of hydrogen-bond acceptors (Lipinski definition) is 3. The maximum absolute atomic E-state index is 12.2. The minimum atomic E-state index is -0.449. The third kappa shape index (κ3) is 4.50. The number of aromatic nitrogens is 1. The first-order valence-electron chi connectivity index (χ1n) is 7.81. The van der Waals surface area contributed by atoms with E-state index in [9.17, 15) is 4.79 Å². The predicted octanol–water partition coefficient (Wildman–Crippen LogP) is 3.30. The van der Waals surface area contributed by atoms with Gasteiger partial charge in [-0.1, -0.05) is 20.8 Å². The Morgan fingerprint density at radius 3 is 2.50 bits per heavy atom. The lowest BCUT2D eigenvalue weighted by atomic mass is 9.96. The molecule has 2 rings (SSSR count). The number of thiocarbonyl (C=S) groups is 1. The van der Waals surface area contributed by atoms with Crippen LogP contribution >= 0.6 is 12.2 Å². The number of pyridine rings is 1. The maximum Gasteiger partial charge on any atom is 0.231 e. The van der Waals surface area contributed by atoms with Crippen molar-refractivity contribution >= 4 is 23.2 Å². The Balaban J connectivity index is 2.11. The molecule has 0 bridgehead atoms. The van der Waals surface area contributed by atoms with Gasteiger partial charge in [0.05, 0.1) is 6.04 Å². The zero-order chi connectivity index (χ0) is 16.3. The summed E-state index contributed by atoms with van der Waals surface area (Å²) in [6, 6.07) is 4.12. The molecule has 1 aromatic heterocycles. The largest absolute Gasteiger partial charge is 0.342 e. The first-order chi connectivity index (χ1) is 10.3. The summed E-state index contributed by atoms with van der Waals surface area (Å²) >= 11 is 5.52. The fraction of sp³-hybridized carbons (Fsp3) is 0.588.